The van der Waals surface area contributed by atoms with Crippen molar-refractivity contribution in [1.82, 2.24) is 4.98 Å². The van der Waals surface area contributed by atoms with Crippen molar-refractivity contribution in [2.45, 2.75) is 13.0 Å². The lowest BCUT2D eigenvalue weighted by Crippen LogP contribution is -2.07. The minimum atomic E-state index is 0.133. The first kappa shape index (κ1) is 14.1. The lowest BCUT2D eigenvalue weighted by molar-refractivity contribution is 0.879. The zero-order valence-corrected chi connectivity index (χ0v) is 13.7. The summed E-state index contributed by atoms with van der Waals surface area (Å²) in [5, 5.41) is 14.4. The second kappa shape index (κ2) is 5.84. The standard InChI is InChI=1S/C16H12BrN3S/c1-10(12-7-16-15(19-9-12)4-5-21-16)20-14-3-2-11(8-18)6-13(14)17/h2-7,9-10,20H,1H3. The Morgan fingerprint density at radius 2 is 2.19 bits per heavy atom. The molecule has 0 fully saturated rings. The van der Waals surface area contributed by atoms with Crippen molar-refractivity contribution in [3.8, 4) is 6.07 Å². The fourth-order valence-electron chi connectivity index (χ4n) is 2.12. The summed E-state index contributed by atoms with van der Waals surface area (Å²) in [5.41, 5.74) is 3.78. The van der Waals surface area contributed by atoms with Crippen molar-refractivity contribution >= 4 is 43.2 Å². The molecule has 1 unspecified atom stereocenters. The summed E-state index contributed by atoms with van der Waals surface area (Å²) < 4.78 is 2.08. The van der Waals surface area contributed by atoms with Crippen LogP contribution in [0, 0.1) is 11.3 Å². The molecule has 0 bridgehead atoms. The number of hydrogen-bond acceptors (Lipinski definition) is 4. The van der Waals surface area contributed by atoms with Gasteiger partial charge in [0.25, 0.3) is 0 Å². The monoisotopic (exact) mass is 357 g/mol. The molecular weight excluding hydrogens is 346 g/mol. The van der Waals surface area contributed by atoms with E-state index in [1.165, 1.54) is 4.70 Å². The summed E-state index contributed by atoms with van der Waals surface area (Å²) in [6.07, 6.45) is 1.91. The predicted octanol–water partition coefficient (Wildman–Crippen LogP) is 5.10. The van der Waals surface area contributed by atoms with E-state index in [0.29, 0.717) is 5.56 Å². The molecule has 0 aliphatic rings. The molecule has 0 saturated heterocycles. The number of nitrogens with one attached hydrogen (secondary N) is 1. The zero-order valence-electron chi connectivity index (χ0n) is 11.3. The highest BCUT2D eigenvalue weighted by Crippen LogP contribution is 2.29. The lowest BCUT2D eigenvalue weighted by atomic mass is 10.1. The molecule has 2 heterocycles. The van der Waals surface area contributed by atoms with Crippen LogP contribution in [0.4, 0.5) is 5.69 Å². The molecule has 0 spiro atoms. The minimum absolute atomic E-state index is 0.133. The molecule has 21 heavy (non-hydrogen) atoms. The molecule has 0 aliphatic heterocycles. The second-order valence-electron chi connectivity index (χ2n) is 4.75. The maximum absolute atomic E-state index is 8.89. The number of nitriles is 1. The predicted molar refractivity (Wildman–Crippen MR) is 90.5 cm³/mol. The van der Waals surface area contributed by atoms with Crippen LogP contribution in [0.25, 0.3) is 10.2 Å². The maximum Gasteiger partial charge on any atom is 0.0992 e. The quantitative estimate of drug-likeness (QED) is 0.708. The third-order valence-corrected chi connectivity index (χ3v) is 4.80. The van der Waals surface area contributed by atoms with Crippen molar-refractivity contribution in [2.75, 3.05) is 5.32 Å². The Hall–Kier alpha value is -1.90. The largest absolute Gasteiger partial charge is 0.378 e. The molecule has 0 amide bonds. The van der Waals surface area contributed by atoms with E-state index in [2.05, 4.69) is 50.7 Å². The third-order valence-electron chi connectivity index (χ3n) is 3.29. The molecule has 104 valence electrons. The molecule has 0 aliphatic carbocycles. The number of halogens is 1. The maximum atomic E-state index is 8.89. The third kappa shape index (κ3) is 2.92. The highest BCUT2D eigenvalue weighted by atomic mass is 79.9. The molecule has 3 nitrogen and oxygen atoms in total. The summed E-state index contributed by atoms with van der Waals surface area (Å²) in [4.78, 5) is 4.47. The van der Waals surface area contributed by atoms with Gasteiger partial charge in [-0.25, -0.2) is 0 Å². The average Bonchev–Trinajstić information content (AvgIpc) is 2.96. The van der Waals surface area contributed by atoms with Crippen LogP contribution in [-0.2, 0) is 0 Å². The van der Waals surface area contributed by atoms with Crippen LogP contribution in [-0.4, -0.2) is 4.98 Å². The molecule has 2 aromatic heterocycles. The molecule has 0 saturated carbocycles. The smallest absolute Gasteiger partial charge is 0.0992 e. The zero-order chi connectivity index (χ0) is 14.8. The Kier molecular flexibility index (Phi) is 3.91. The van der Waals surface area contributed by atoms with E-state index < -0.39 is 0 Å². The van der Waals surface area contributed by atoms with E-state index in [4.69, 9.17) is 5.26 Å². The number of rotatable bonds is 3. The minimum Gasteiger partial charge on any atom is -0.378 e. The first-order valence-corrected chi connectivity index (χ1v) is 8.14. The lowest BCUT2D eigenvalue weighted by Gasteiger charge is -2.16. The van der Waals surface area contributed by atoms with Crippen LogP contribution in [0.2, 0.25) is 0 Å². The molecule has 1 N–H and O–H groups in total. The Labute approximate surface area is 135 Å². The Balaban J connectivity index is 1.85. The van der Waals surface area contributed by atoms with Gasteiger partial charge in [0, 0.05) is 16.4 Å². The van der Waals surface area contributed by atoms with Crippen LogP contribution in [0.15, 0.2) is 46.4 Å². The number of nitrogens with zero attached hydrogens (tertiary/aromatic N) is 2. The first-order chi connectivity index (χ1) is 10.2. The topological polar surface area (TPSA) is 48.7 Å². The molecule has 1 aromatic carbocycles. The second-order valence-corrected chi connectivity index (χ2v) is 6.55. The van der Waals surface area contributed by atoms with E-state index >= 15 is 0 Å². The highest BCUT2D eigenvalue weighted by Gasteiger charge is 2.10. The first-order valence-electron chi connectivity index (χ1n) is 6.46. The summed E-state index contributed by atoms with van der Waals surface area (Å²) in [5.74, 6) is 0. The van der Waals surface area contributed by atoms with E-state index in [0.717, 1.165) is 21.2 Å². The van der Waals surface area contributed by atoms with Crippen molar-refractivity contribution in [2.24, 2.45) is 0 Å². The Bertz CT molecular complexity index is 835. The van der Waals surface area contributed by atoms with Gasteiger partial charge >= 0.3 is 0 Å². The van der Waals surface area contributed by atoms with Gasteiger partial charge in [-0.1, -0.05) is 0 Å². The van der Waals surface area contributed by atoms with Gasteiger partial charge < -0.3 is 5.32 Å². The van der Waals surface area contributed by atoms with Gasteiger partial charge in [0.15, 0.2) is 0 Å². The Morgan fingerprint density at radius 3 is 2.95 bits per heavy atom. The van der Waals surface area contributed by atoms with Crippen LogP contribution in [0.3, 0.4) is 0 Å². The van der Waals surface area contributed by atoms with E-state index in [1.807, 2.05) is 24.4 Å². The van der Waals surface area contributed by atoms with Crippen LogP contribution < -0.4 is 5.32 Å². The Morgan fingerprint density at radius 1 is 1.33 bits per heavy atom. The van der Waals surface area contributed by atoms with E-state index in [1.54, 1.807) is 17.4 Å². The SMILES string of the molecule is CC(Nc1ccc(C#N)cc1Br)c1cnc2ccsc2c1. The molecule has 0 radical (unpaired) electrons. The summed E-state index contributed by atoms with van der Waals surface area (Å²) >= 11 is 5.19. The average molecular weight is 358 g/mol. The van der Waals surface area contributed by atoms with Crippen LogP contribution >= 0.6 is 27.3 Å². The van der Waals surface area contributed by atoms with E-state index in [-0.39, 0.29) is 6.04 Å². The summed E-state index contributed by atoms with van der Waals surface area (Å²) in [6.45, 7) is 2.10. The number of fused-ring (bicyclic) bond motifs is 1. The van der Waals surface area contributed by atoms with Gasteiger partial charge in [0.2, 0.25) is 0 Å². The van der Waals surface area contributed by atoms with Crippen molar-refractivity contribution < 1.29 is 0 Å². The summed E-state index contributed by atoms with van der Waals surface area (Å²) in [6, 6.07) is 12.0. The normalized spacial score (nSPS) is 12.0. The fourth-order valence-corrected chi connectivity index (χ4v) is 3.40. The molecule has 1 atom stereocenters. The molecule has 3 aromatic rings. The molecular formula is C16H12BrN3S. The van der Waals surface area contributed by atoms with Gasteiger partial charge in [-0.2, -0.15) is 5.26 Å². The highest BCUT2D eigenvalue weighted by molar-refractivity contribution is 9.10. The van der Waals surface area contributed by atoms with Crippen molar-refractivity contribution in [1.29, 1.82) is 5.26 Å². The van der Waals surface area contributed by atoms with Crippen LogP contribution in [0.1, 0.15) is 24.1 Å². The number of anilines is 1. The van der Waals surface area contributed by atoms with Crippen molar-refractivity contribution in [3.05, 3.63) is 57.5 Å². The van der Waals surface area contributed by atoms with E-state index in [9.17, 15) is 0 Å². The summed E-state index contributed by atoms with van der Waals surface area (Å²) in [7, 11) is 0. The van der Waals surface area contributed by atoms with Gasteiger partial charge in [0.05, 0.1) is 27.9 Å². The number of pyridine rings is 1. The fraction of sp³-hybridized carbons (Fsp3) is 0.125. The number of thiophene rings is 1. The molecule has 3 rings (SSSR count). The van der Waals surface area contributed by atoms with Gasteiger partial charge in [0.1, 0.15) is 0 Å². The van der Waals surface area contributed by atoms with Crippen LogP contribution in [0.5, 0.6) is 0 Å². The number of benzene rings is 1. The molecule has 5 heteroatoms. The number of aromatic nitrogens is 1. The van der Waals surface area contributed by atoms with Crippen molar-refractivity contribution in [3.63, 3.8) is 0 Å². The number of hydrogen-bond donors (Lipinski definition) is 1. The van der Waals surface area contributed by atoms with Gasteiger partial charge in [-0.05, 0) is 64.1 Å². The van der Waals surface area contributed by atoms with Gasteiger partial charge in [-0.3, -0.25) is 4.98 Å². The van der Waals surface area contributed by atoms with Gasteiger partial charge in [-0.15, -0.1) is 11.3 Å².